The van der Waals surface area contributed by atoms with E-state index in [2.05, 4.69) is 0 Å². The molecule has 0 amide bonds. The summed E-state index contributed by atoms with van der Waals surface area (Å²) in [5, 5.41) is 0. The van der Waals surface area contributed by atoms with Crippen LogP contribution in [0.4, 0.5) is 0 Å². The summed E-state index contributed by atoms with van der Waals surface area (Å²) < 4.78 is 5.18. The summed E-state index contributed by atoms with van der Waals surface area (Å²) in [7, 11) is 0. The first kappa shape index (κ1) is 13.0. The number of carbonyl (C=O) groups is 1. The Labute approximate surface area is 115 Å². The van der Waals surface area contributed by atoms with Gasteiger partial charge >= 0.3 is 5.97 Å². The highest BCUT2D eigenvalue weighted by Gasteiger charge is 2.08. The minimum Gasteiger partial charge on any atom is -0.424 e. The van der Waals surface area contributed by atoms with E-state index in [1.54, 1.807) is 17.8 Å². The fraction of sp³-hybridized carbons (Fsp3) is 0.0714. The largest absolute Gasteiger partial charge is 0.424 e. The Morgan fingerprint density at radius 3 is 2.44 bits per heavy atom. The van der Waals surface area contributed by atoms with Gasteiger partial charge in [-0.1, -0.05) is 42.1 Å². The molecule has 0 aromatic heterocycles. The highest BCUT2D eigenvalue weighted by atomic mass is 35.5. The van der Waals surface area contributed by atoms with Crippen LogP contribution in [0.25, 0.3) is 0 Å². The maximum absolute atomic E-state index is 11.2. The third-order valence-electron chi connectivity index (χ3n) is 2.15. The number of ether oxygens (including phenoxy) is 1. The van der Waals surface area contributed by atoms with Gasteiger partial charge < -0.3 is 4.74 Å². The number of alkyl halides is 1. The molecule has 0 aliphatic heterocycles. The van der Waals surface area contributed by atoms with E-state index >= 15 is 0 Å². The molecule has 2 nitrogen and oxygen atoms in total. The van der Waals surface area contributed by atoms with Crippen LogP contribution < -0.4 is 4.74 Å². The van der Waals surface area contributed by atoms with Gasteiger partial charge in [0.2, 0.25) is 0 Å². The van der Waals surface area contributed by atoms with Crippen molar-refractivity contribution in [1.29, 1.82) is 0 Å². The quantitative estimate of drug-likeness (QED) is 0.481. The molecule has 0 aliphatic rings. The van der Waals surface area contributed by atoms with Crippen molar-refractivity contribution < 1.29 is 9.53 Å². The van der Waals surface area contributed by atoms with Crippen molar-refractivity contribution in [3.8, 4) is 5.75 Å². The van der Waals surface area contributed by atoms with Crippen molar-refractivity contribution in [1.82, 2.24) is 0 Å². The van der Waals surface area contributed by atoms with Crippen molar-refractivity contribution >= 4 is 29.3 Å². The van der Waals surface area contributed by atoms with E-state index < -0.39 is 5.97 Å². The molecule has 0 atom stereocenters. The predicted octanol–water partition coefficient (Wildman–Crippen LogP) is 3.98. The lowest BCUT2D eigenvalue weighted by molar-refractivity contribution is -0.131. The van der Waals surface area contributed by atoms with Crippen LogP contribution in [-0.4, -0.2) is 11.8 Å². The van der Waals surface area contributed by atoms with Crippen molar-refractivity contribution in [2.24, 2.45) is 0 Å². The molecule has 0 fully saturated rings. The minimum atomic E-state index is -0.447. The normalized spacial score (nSPS) is 10.1. The lowest BCUT2D eigenvalue weighted by atomic mass is 10.3. The second-order valence-corrected chi connectivity index (χ2v) is 4.85. The number of hydrogen-bond donors (Lipinski definition) is 0. The number of para-hydroxylation sites is 1. The lowest BCUT2D eigenvalue weighted by Gasteiger charge is -2.08. The molecule has 2 aromatic carbocycles. The number of hydrogen-bond acceptors (Lipinski definition) is 3. The van der Waals surface area contributed by atoms with Gasteiger partial charge in [-0.25, -0.2) is 0 Å². The van der Waals surface area contributed by atoms with Crippen molar-refractivity contribution in [3.05, 3.63) is 54.6 Å². The monoisotopic (exact) mass is 278 g/mol. The minimum absolute atomic E-state index is 0.148. The molecule has 92 valence electrons. The highest BCUT2D eigenvalue weighted by Crippen LogP contribution is 2.34. The number of rotatable bonds is 4. The van der Waals surface area contributed by atoms with Gasteiger partial charge in [0.25, 0.3) is 0 Å². The maximum atomic E-state index is 11.2. The molecule has 18 heavy (non-hydrogen) atoms. The summed E-state index contributed by atoms with van der Waals surface area (Å²) in [6.45, 7) is 0. The number of benzene rings is 2. The Balaban J connectivity index is 2.20. The average Bonchev–Trinajstić information content (AvgIpc) is 2.42. The summed E-state index contributed by atoms with van der Waals surface area (Å²) >= 11 is 6.98. The maximum Gasteiger partial charge on any atom is 0.326 e. The molecule has 0 saturated heterocycles. The van der Waals surface area contributed by atoms with E-state index in [4.69, 9.17) is 16.3 Å². The predicted molar refractivity (Wildman–Crippen MR) is 73.4 cm³/mol. The second kappa shape index (κ2) is 6.47. The fourth-order valence-corrected chi connectivity index (χ4v) is 2.34. The molecule has 0 heterocycles. The standard InChI is InChI=1S/C14H11ClO2S/c15-10-14(16)17-12-8-4-5-9-13(12)18-11-6-2-1-3-7-11/h1-9H,10H2. The van der Waals surface area contributed by atoms with E-state index in [0.29, 0.717) is 5.75 Å². The molecule has 0 bridgehead atoms. The first-order valence-electron chi connectivity index (χ1n) is 5.38. The van der Waals surface area contributed by atoms with E-state index in [1.165, 1.54) is 0 Å². The van der Waals surface area contributed by atoms with Crippen molar-refractivity contribution in [3.63, 3.8) is 0 Å². The van der Waals surface area contributed by atoms with Gasteiger partial charge in [0.1, 0.15) is 11.6 Å². The second-order valence-electron chi connectivity index (χ2n) is 3.47. The van der Waals surface area contributed by atoms with Crippen LogP contribution in [0.1, 0.15) is 0 Å². The van der Waals surface area contributed by atoms with Crippen LogP contribution >= 0.6 is 23.4 Å². The summed E-state index contributed by atoms with van der Waals surface area (Å²) in [5.74, 6) is -0.0561. The SMILES string of the molecule is O=C(CCl)Oc1ccccc1Sc1ccccc1. The molecule has 0 radical (unpaired) electrons. The Kier molecular flexibility index (Phi) is 4.67. The first-order chi connectivity index (χ1) is 8.79. The van der Waals surface area contributed by atoms with Crippen LogP contribution in [0.15, 0.2) is 64.4 Å². The topological polar surface area (TPSA) is 26.3 Å². The molecule has 0 unspecified atom stereocenters. The van der Waals surface area contributed by atoms with Crippen LogP contribution in [0.2, 0.25) is 0 Å². The molecule has 0 saturated carbocycles. The first-order valence-corrected chi connectivity index (χ1v) is 6.73. The van der Waals surface area contributed by atoms with Crippen LogP contribution in [0.3, 0.4) is 0 Å². The number of esters is 1. The molecule has 4 heteroatoms. The molecule has 0 N–H and O–H groups in total. The van der Waals surface area contributed by atoms with E-state index in [-0.39, 0.29) is 5.88 Å². The molecule has 2 rings (SSSR count). The zero-order chi connectivity index (χ0) is 12.8. The van der Waals surface area contributed by atoms with Gasteiger partial charge in [-0.3, -0.25) is 4.79 Å². The van der Waals surface area contributed by atoms with Gasteiger partial charge in [0.05, 0.1) is 4.90 Å². The van der Waals surface area contributed by atoms with E-state index in [0.717, 1.165) is 9.79 Å². The van der Waals surface area contributed by atoms with Crippen LogP contribution in [-0.2, 0) is 4.79 Å². The Morgan fingerprint density at radius 1 is 1.06 bits per heavy atom. The summed E-state index contributed by atoms with van der Waals surface area (Å²) in [5.41, 5.74) is 0. The van der Waals surface area contributed by atoms with Crippen molar-refractivity contribution in [2.45, 2.75) is 9.79 Å². The fourth-order valence-electron chi connectivity index (χ4n) is 1.38. The molecular weight excluding hydrogens is 268 g/mol. The molecule has 0 aliphatic carbocycles. The lowest BCUT2D eigenvalue weighted by Crippen LogP contribution is -2.09. The zero-order valence-electron chi connectivity index (χ0n) is 9.51. The van der Waals surface area contributed by atoms with Crippen LogP contribution in [0.5, 0.6) is 5.75 Å². The number of halogens is 1. The molecule has 0 spiro atoms. The number of carbonyl (C=O) groups excluding carboxylic acids is 1. The van der Waals surface area contributed by atoms with Gasteiger partial charge in [-0.15, -0.1) is 11.6 Å². The van der Waals surface area contributed by atoms with Crippen LogP contribution in [0, 0.1) is 0 Å². The van der Waals surface area contributed by atoms with Gasteiger partial charge in [0, 0.05) is 4.90 Å². The zero-order valence-corrected chi connectivity index (χ0v) is 11.1. The third-order valence-corrected chi connectivity index (χ3v) is 3.44. The summed E-state index contributed by atoms with van der Waals surface area (Å²) in [4.78, 5) is 13.2. The van der Waals surface area contributed by atoms with Gasteiger partial charge in [-0.2, -0.15) is 0 Å². The Morgan fingerprint density at radius 2 is 1.72 bits per heavy atom. The highest BCUT2D eigenvalue weighted by molar-refractivity contribution is 7.99. The van der Waals surface area contributed by atoms with E-state index in [1.807, 2.05) is 48.5 Å². The van der Waals surface area contributed by atoms with Crippen molar-refractivity contribution in [2.75, 3.05) is 5.88 Å². The molecule has 2 aromatic rings. The summed E-state index contributed by atoms with van der Waals surface area (Å²) in [6.07, 6.45) is 0. The Hall–Kier alpha value is -1.45. The van der Waals surface area contributed by atoms with Gasteiger partial charge in [0.15, 0.2) is 0 Å². The smallest absolute Gasteiger partial charge is 0.326 e. The van der Waals surface area contributed by atoms with Gasteiger partial charge in [-0.05, 0) is 24.3 Å². The van der Waals surface area contributed by atoms with E-state index in [9.17, 15) is 4.79 Å². The third kappa shape index (κ3) is 3.52. The summed E-state index contributed by atoms with van der Waals surface area (Å²) in [6, 6.07) is 17.3. The average molecular weight is 279 g/mol. The Bertz CT molecular complexity index is 528. The molecular formula is C14H11ClO2S.